The van der Waals surface area contributed by atoms with Crippen molar-refractivity contribution in [1.29, 1.82) is 0 Å². The molecule has 3 amide bonds. The summed E-state index contributed by atoms with van der Waals surface area (Å²) < 4.78 is 15.0. The van der Waals surface area contributed by atoms with Gasteiger partial charge in [-0.3, -0.25) is 14.4 Å². The molecule has 2 fully saturated rings. The predicted molar refractivity (Wildman–Crippen MR) is 130 cm³/mol. The molecule has 186 valence electrons. The second-order valence-electron chi connectivity index (χ2n) is 8.47. The molecule has 4 rings (SSSR count). The zero-order chi connectivity index (χ0) is 25.1. The lowest BCUT2D eigenvalue weighted by Gasteiger charge is -2.36. The number of rotatable bonds is 6. The highest BCUT2D eigenvalue weighted by atomic mass is 32.1. The van der Waals surface area contributed by atoms with Gasteiger partial charge in [0.05, 0.1) is 11.6 Å². The van der Waals surface area contributed by atoms with Crippen LogP contribution < -0.4 is 27.0 Å². The molecule has 11 nitrogen and oxygen atoms in total. The van der Waals surface area contributed by atoms with Crippen LogP contribution in [0.4, 0.5) is 15.2 Å². The van der Waals surface area contributed by atoms with Gasteiger partial charge in [0, 0.05) is 51.1 Å². The van der Waals surface area contributed by atoms with Gasteiger partial charge in [-0.1, -0.05) is 6.07 Å². The number of aromatic nitrogens is 1. The summed E-state index contributed by atoms with van der Waals surface area (Å²) in [5.74, 6) is -1.57. The van der Waals surface area contributed by atoms with Crippen molar-refractivity contribution in [3.63, 3.8) is 0 Å². The summed E-state index contributed by atoms with van der Waals surface area (Å²) in [5, 5.41) is 7.46. The van der Waals surface area contributed by atoms with Crippen molar-refractivity contribution in [2.75, 3.05) is 37.6 Å². The lowest BCUT2D eigenvalue weighted by Crippen LogP contribution is -2.49. The van der Waals surface area contributed by atoms with Crippen molar-refractivity contribution in [2.45, 2.75) is 25.3 Å². The van der Waals surface area contributed by atoms with E-state index in [2.05, 4.69) is 20.6 Å². The number of amides is 3. The summed E-state index contributed by atoms with van der Waals surface area (Å²) in [6.45, 7) is 3.49. The number of guanidine groups is 1. The Morgan fingerprint density at radius 1 is 1.29 bits per heavy atom. The number of carbonyl (C=O) groups is 3. The molecule has 3 heterocycles. The Hall–Kier alpha value is -3.74. The number of nitrogens with two attached hydrogens (primary N) is 2. The Balaban J connectivity index is 1.36. The first-order valence-corrected chi connectivity index (χ1v) is 12.0. The largest absolute Gasteiger partial charge is 0.370 e. The van der Waals surface area contributed by atoms with E-state index in [9.17, 15) is 14.4 Å². The van der Waals surface area contributed by atoms with E-state index < -0.39 is 11.7 Å². The summed E-state index contributed by atoms with van der Waals surface area (Å²) >= 11 is 1.17. The summed E-state index contributed by atoms with van der Waals surface area (Å²) in [5.41, 5.74) is 12.0. The number of anilines is 1. The van der Waals surface area contributed by atoms with Crippen LogP contribution in [0.2, 0.25) is 0 Å². The van der Waals surface area contributed by atoms with E-state index in [-0.39, 0.29) is 35.4 Å². The number of carbonyl (C=O) groups excluding carboxylic acids is 3. The van der Waals surface area contributed by atoms with E-state index >= 15 is 4.39 Å². The maximum Gasteiger partial charge on any atom is 0.273 e. The number of nitrogens with zero attached hydrogens (tertiary/aromatic N) is 4. The molecule has 0 bridgehead atoms. The molecule has 2 aliphatic heterocycles. The van der Waals surface area contributed by atoms with E-state index in [1.165, 1.54) is 24.3 Å². The Labute approximate surface area is 205 Å². The lowest BCUT2D eigenvalue weighted by atomic mass is 9.95. The smallest absolute Gasteiger partial charge is 0.273 e. The molecule has 6 N–H and O–H groups in total. The normalized spacial score (nSPS) is 19.9. The van der Waals surface area contributed by atoms with Crippen molar-refractivity contribution in [1.82, 2.24) is 20.5 Å². The molecule has 0 radical (unpaired) electrons. The fraction of sp³-hybridized carbons (Fsp3) is 0.409. The highest BCUT2D eigenvalue weighted by Gasteiger charge is 2.34. The van der Waals surface area contributed by atoms with Crippen molar-refractivity contribution < 1.29 is 18.8 Å². The number of thiazole rings is 1. The fourth-order valence-electron chi connectivity index (χ4n) is 4.27. The molecule has 35 heavy (non-hydrogen) atoms. The van der Waals surface area contributed by atoms with Crippen LogP contribution in [0.15, 0.2) is 28.6 Å². The molecule has 2 aliphatic rings. The summed E-state index contributed by atoms with van der Waals surface area (Å²) in [6, 6.07) is 4.66. The lowest BCUT2D eigenvalue weighted by molar-refractivity contribution is -0.121. The average molecular weight is 503 g/mol. The van der Waals surface area contributed by atoms with Crippen LogP contribution in [0.3, 0.4) is 0 Å². The molecule has 2 aromatic rings. The van der Waals surface area contributed by atoms with Crippen molar-refractivity contribution in [3.8, 4) is 0 Å². The summed E-state index contributed by atoms with van der Waals surface area (Å²) in [7, 11) is 0. The van der Waals surface area contributed by atoms with E-state index in [0.29, 0.717) is 55.5 Å². The van der Waals surface area contributed by atoms with E-state index in [4.69, 9.17) is 11.5 Å². The SMILES string of the molecule is CC(=O)NCC1C[C@@H](c2ccc(N3CCN(C(=O)c4csc(N=C(N)N)n4)CC3)c(F)c2)C(=O)N1. The van der Waals surface area contributed by atoms with Gasteiger partial charge in [-0.15, -0.1) is 11.3 Å². The second-order valence-corrected chi connectivity index (χ2v) is 9.31. The second kappa shape index (κ2) is 10.3. The molecule has 2 saturated heterocycles. The molecule has 2 atom stereocenters. The minimum absolute atomic E-state index is 0.127. The minimum atomic E-state index is -0.464. The highest BCUT2D eigenvalue weighted by Crippen LogP contribution is 2.31. The number of hydrogen-bond donors (Lipinski definition) is 4. The van der Waals surface area contributed by atoms with Gasteiger partial charge < -0.3 is 31.9 Å². The standard InChI is InChI=1S/C22H27FN8O3S/c1-12(32)26-10-14-9-15(19(33)27-14)13-2-3-18(16(23)8-13)30-4-6-31(7-5-30)20(34)17-11-35-22(28-17)29-21(24)25/h2-3,8,11,14-15H,4-7,9-10H2,1H3,(H,26,32)(H,27,33)(H4,24,25,28,29)/t14?,15-/m0/s1. The van der Waals surface area contributed by atoms with Gasteiger partial charge in [0.15, 0.2) is 5.96 Å². The third-order valence-electron chi connectivity index (χ3n) is 6.00. The first-order valence-electron chi connectivity index (χ1n) is 11.1. The van der Waals surface area contributed by atoms with Crippen LogP contribution in [0.25, 0.3) is 0 Å². The maximum atomic E-state index is 15.0. The fourth-order valence-corrected chi connectivity index (χ4v) is 4.95. The topological polar surface area (TPSA) is 159 Å². The highest BCUT2D eigenvalue weighted by molar-refractivity contribution is 7.13. The molecule has 1 unspecified atom stereocenters. The van der Waals surface area contributed by atoms with Gasteiger partial charge in [-0.05, 0) is 24.1 Å². The average Bonchev–Trinajstić information content (AvgIpc) is 3.43. The Morgan fingerprint density at radius 3 is 2.69 bits per heavy atom. The van der Waals surface area contributed by atoms with Gasteiger partial charge in [0.25, 0.3) is 5.91 Å². The summed E-state index contributed by atoms with van der Waals surface area (Å²) in [6.07, 6.45) is 0.486. The zero-order valence-corrected chi connectivity index (χ0v) is 20.0. The van der Waals surface area contributed by atoms with E-state index in [1.54, 1.807) is 22.4 Å². The Morgan fingerprint density at radius 2 is 2.03 bits per heavy atom. The van der Waals surface area contributed by atoms with Gasteiger partial charge in [0.1, 0.15) is 11.5 Å². The van der Waals surface area contributed by atoms with Gasteiger partial charge in [0.2, 0.25) is 16.9 Å². The van der Waals surface area contributed by atoms with Crippen LogP contribution >= 0.6 is 11.3 Å². The molecule has 13 heteroatoms. The Bertz CT molecular complexity index is 1160. The van der Waals surface area contributed by atoms with Gasteiger partial charge in [-0.25, -0.2) is 9.37 Å². The van der Waals surface area contributed by atoms with Crippen LogP contribution in [0.5, 0.6) is 0 Å². The number of aliphatic imine (C=N–C) groups is 1. The van der Waals surface area contributed by atoms with E-state index in [1.807, 2.05) is 4.90 Å². The van der Waals surface area contributed by atoms with Gasteiger partial charge >= 0.3 is 0 Å². The first kappa shape index (κ1) is 24.4. The monoisotopic (exact) mass is 502 g/mol. The molecule has 0 saturated carbocycles. The van der Waals surface area contributed by atoms with E-state index in [0.717, 1.165) is 0 Å². The Kier molecular flexibility index (Phi) is 7.15. The number of halogens is 1. The first-order chi connectivity index (χ1) is 16.7. The quantitative estimate of drug-likeness (QED) is 0.326. The van der Waals surface area contributed by atoms with Crippen LogP contribution in [0, 0.1) is 5.82 Å². The maximum absolute atomic E-state index is 15.0. The van der Waals surface area contributed by atoms with Crippen molar-refractivity contribution in [2.24, 2.45) is 16.5 Å². The third-order valence-corrected chi connectivity index (χ3v) is 6.73. The van der Waals surface area contributed by atoms with Crippen LogP contribution in [-0.4, -0.2) is 72.3 Å². The third kappa shape index (κ3) is 5.67. The predicted octanol–water partition coefficient (Wildman–Crippen LogP) is 0.258. The molecular formula is C22H27FN8O3S. The van der Waals surface area contributed by atoms with Crippen molar-refractivity contribution >= 4 is 45.8 Å². The van der Waals surface area contributed by atoms with Crippen molar-refractivity contribution in [3.05, 3.63) is 40.7 Å². The molecule has 0 aliphatic carbocycles. The zero-order valence-electron chi connectivity index (χ0n) is 19.2. The van der Waals surface area contributed by atoms with Gasteiger partial charge in [-0.2, -0.15) is 4.99 Å². The minimum Gasteiger partial charge on any atom is -0.370 e. The van der Waals surface area contributed by atoms with Crippen LogP contribution in [0.1, 0.15) is 35.3 Å². The molecular weight excluding hydrogens is 475 g/mol. The number of nitrogens with one attached hydrogen (secondary N) is 2. The number of hydrogen-bond acceptors (Lipinski definition) is 7. The van der Waals surface area contributed by atoms with Crippen LogP contribution in [-0.2, 0) is 9.59 Å². The number of piperazine rings is 1. The molecule has 1 aromatic carbocycles. The molecule has 0 spiro atoms. The summed E-state index contributed by atoms with van der Waals surface area (Å²) in [4.78, 5) is 47.8. The molecule has 1 aromatic heterocycles. The number of benzene rings is 1.